The third-order valence-corrected chi connectivity index (χ3v) is 2.64. The fraction of sp³-hybridized carbons (Fsp3) is 0.500. The van der Waals surface area contributed by atoms with Crippen molar-refractivity contribution in [2.75, 3.05) is 11.9 Å². The van der Waals surface area contributed by atoms with Crippen molar-refractivity contribution in [3.8, 4) is 0 Å². The zero-order chi connectivity index (χ0) is 11.6. The van der Waals surface area contributed by atoms with Crippen molar-refractivity contribution in [1.29, 1.82) is 0 Å². The summed E-state index contributed by atoms with van der Waals surface area (Å²) < 4.78 is 13.7. The van der Waals surface area contributed by atoms with Gasteiger partial charge in [0, 0.05) is 19.1 Å². The van der Waals surface area contributed by atoms with Gasteiger partial charge in [0.2, 0.25) is 0 Å². The number of hydrogen-bond acceptors (Lipinski definition) is 2. The van der Waals surface area contributed by atoms with E-state index in [2.05, 4.69) is 0 Å². The molecule has 3 heteroatoms. The number of halogens is 1. The first-order valence-electron chi connectivity index (χ1n) is 5.22. The Hall–Kier alpha value is -1.09. The van der Waals surface area contributed by atoms with Gasteiger partial charge in [0.15, 0.2) is 0 Å². The highest BCUT2D eigenvalue weighted by Gasteiger charge is 2.16. The second kappa shape index (κ2) is 4.62. The zero-order valence-electron chi connectivity index (χ0n) is 9.79. The van der Waals surface area contributed by atoms with E-state index in [-0.39, 0.29) is 17.9 Å². The van der Waals surface area contributed by atoms with Crippen LogP contribution in [0, 0.1) is 5.82 Å². The highest BCUT2D eigenvalue weighted by molar-refractivity contribution is 5.56. The van der Waals surface area contributed by atoms with Crippen molar-refractivity contribution in [3.63, 3.8) is 0 Å². The zero-order valence-corrected chi connectivity index (χ0v) is 9.79. The molecule has 15 heavy (non-hydrogen) atoms. The van der Waals surface area contributed by atoms with Gasteiger partial charge < -0.3 is 10.6 Å². The maximum absolute atomic E-state index is 13.7. The van der Waals surface area contributed by atoms with E-state index in [0.29, 0.717) is 5.69 Å². The minimum absolute atomic E-state index is 0.156. The van der Waals surface area contributed by atoms with E-state index in [0.717, 1.165) is 5.56 Å². The average molecular weight is 210 g/mol. The molecule has 1 aromatic carbocycles. The third-order valence-electron chi connectivity index (χ3n) is 2.64. The number of hydrogen-bond donors (Lipinski definition) is 1. The smallest absolute Gasteiger partial charge is 0.146 e. The molecule has 0 heterocycles. The average Bonchev–Trinajstić information content (AvgIpc) is 2.16. The number of nitrogens with two attached hydrogens (primary N) is 1. The molecule has 1 aromatic rings. The van der Waals surface area contributed by atoms with E-state index < -0.39 is 0 Å². The molecule has 0 bridgehead atoms. The molecule has 0 amide bonds. The fourth-order valence-electron chi connectivity index (χ4n) is 1.53. The summed E-state index contributed by atoms with van der Waals surface area (Å²) in [6.07, 6.45) is 0. The van der Waals surface area contributed by atoms with Crippen molar-refractivity contribution in [3.05, 3.63) is 29.6 Å². The van der Waals surface area contributed by atoms with Crippen LogP contribution in [-0.4, -0.2) is 13.1 Å². The topological polar surface area (TPSA) is 29.3 Å². The quantitative estimate of drug-likeness (QED) is 0.831. The summed E-state index contributed by atoms with van der Waals surface area (Å²) in [5.74, 6) is -0.207. The molecule has 1 atom stereocenters. The Kier molecular flexibility index (Phi) is 3.69. The Labute approximate surface area is 90.9 Å². The Bertz CT molecular complexity index is 334. The summed E-state index contributed by atoms with van der Waals surface area (Å²) in [6, 6.07) is 5.14. The second-order valence-electron chi connectivity index (χ2n) is 4.17. The standard InChI is InChI=1S/C12H19FN2/c1-8(2)15(4)12-10(9(3)14)6-5-7-11(12)13/h5-9H,14H2,1-4H3/t9-/m0/s1. The van der Waals surface area contributed by atoms with E-state index in [1.165, 1.54) is 6.07 Å². The first-order chi connectivity index (χ1) is 6.95. The highest BCUT2D eigenvalue weighted by atomic mass is 19.1. The molecule has 0 saturated carbocycles. The third kappa shape index (κ3) is 2.48. The van der Waals surface area contributed by atoms with E-state index in [1.54, 1.807) is 6.07 Å². The Morgan fingerprint density at radius 2 is 1.87 bits per heavy atom. The summed E-state index contributed by atoms with van der Waals surface area (Å²) in [7, 11) is 1.88. The fourth-order valence-corrected chi connectivity index (χ4v) is 1.53. The van der Waals surface area contributed by atoms with Gasteiger partial charge in [0.05, 0.1) is 5.69 Å². The van der Waals surface area contributed by atoms with Crippen molar-refractivity contribution in [1.82, 2.24) is 0 Å². The molecule has 0 aliphatic heterocycles. The molecule has 0 saturated heterocycles. The maximum atomic E-state index is 13.7. The van der Waals surface area contributed by atoms with Crippen LogP contribution in [0.3, 0.4) is 0 Å². The molecular formula is C12H19FN2. The maximum Gasteiger partial charge on any atom is 0.146 e. The molecule has 2 N–H and O–H groups in total. The molecule has 0 radical (unpaired) electrons. The van der Waals surface area contributed by atoms with E-state index in [1.807, 2.05) is 38.8 Å². The molecule has 0 unspecified atom stereocenters. The van der Waals surface area contributed by atoms with Gasteiger partial charge in [-0.2, -0.15) is 0 Å². The lowest BCUT2D eigenvalue weighted by atomic mass is 10.0. The summed E-state index contributed by atoms with van der Waals surface area (Å²) in [6.45, 7) is 5.92. The van der Waals surface area contributed by atoms with Gasteiger partial charge in [-0.3, -0.25) is 0 Å². The van der Waals surface area contributed by atoms with Crippen LogP contribution < -0.4 is 10.6 Å². The van der Waals surface area contributed by atoms with Crippen LogP contribution in [0.1, 0.15) is 32.4 Å². The summed E-state index contributed by atoms with van der Waals surface area (Å²) in [5.41, 5.74) is 7.29. The lowest BCUT2D eigenvalue weighted by Crippen LogP contribution is -2.28. The molecule has 0 aromatic heterocycles. The van der Waals surface area contributed by atoms with Gasteiger partial charge in [-0.05, 0) is 32.4 Å². The second-order valence-corrected chi connectivity index (χ2v) is 4.17. The molecule has 0 aliphatic rings. The van der Waals surface area contributed by atoms with Crippen LogP contribution in [0.2, 0.25) is 0 Å². The van der Waals surface area contributed by atoms with Crippen molar-refractivity contribution in [2.24, 2.45) is 5.73 Å². The van der Waals surface area contributed by atoms with Crippen LogP contribution in [0.25, 0.3) is 0 Å². The largest absolute Gasteiger partial charge is 0.370 e. The Morgan fingerprint density at radius 3 is 2.33 bits per heavy atom. The van der Waals surface area contributed by atoms with Crippen LogP contribution >= 0.6 is 0 Å². The van der Waals surface area contributed by atoms with Gasteiger partial charge in [-0.25, -0.2) is 4.39 Å². The molecular weight excluding hydrogens is 191 g/mol. The normalized spacial score (nSPS) is 13.0. The number of anilines is 1. The van der Waals surface area contributed by atoms with Gasteiger partial charge >= 0.3 is 0 Å². The lowest BCUT2D eigenvalue weighted by Gasteiger charge is -2.27. The van der Waals surface area contributed by atoms with Gasteiger partial charge in [-0.1, -0.05) is 12.1 Å². The Balaban J connectivity index is 3.24. The molecule has 0 spiro atoms. The number of nitrogens with zero attached hydrogens (tertiary/aromatic N) is 1. The predicted molar refractivity (Wildman–Crippen MR) is 62.5 cm³/mol. The van der Waals surface area contributed by atoms with Crippen LogP contribution in [0.15, 0.2) is 18.2 Å². The highest BCUT2D eigenvalue weighted by Crippen LogP contribution is 2.28. The van der Waals surface area contributed by atoms with E-state index in [9.17, 15) is 4.39 Å². The Morgan fingerprint density at radius 1 is 1.27 bits per heavy atom. The summed E-state index contributed by atoms with van der Waals surface area (Å²) >= 11 is 0. The molecule has 84 valence electrons. The van der Waals surface area contributed by atoms with E-state index in [4.69, 9.17) is 5.73 Å². The number of benzene rings is 1. The molecule has 1 rings (SSSR count). The van der Waals surface area contributed by atoms with Gasteiger partial charge in [0.1, 0.15) is 5.82 Å². The molecule has 2 nitrogen and oxygen atoms in total. The van der Waals surface area contributed by atoms with Crippen LogP contribution in [0.5, 0.6) is 0 Å². The summed E-state index contributed by atoms with van der Waals surface area (Å²) in [5, 5.41) is 0. The number of para-hydroxylation sites is 1. The molecule has 0 aliphatic carbocycles. The minimum atomic E-state index is -0.207. The molecule has 0 fully saturated rings. The summed E-state index contributed by atoms with van der Waals surface area (Å²) in [4.78, 5) is 1.91. The monoisotopic (exact) mass is 210 g/mol. The SMILES string of the molecule is CC(C)N(C)c1c(F)cccc1[C@H](C)N. The first-order valence-corrected chi connectivity index (χ1v) is 5.22. The van der Waals surface area contributed by atoms with Crippen LogP contribution in [-0.2, 0) is 0 Å². The first kappa shape index (κ1) is 12.0. The predicted octanol–water partition coefficient (Wildman–Crippen LogP) is 2.69. The van der Waals surface area contributed by atoms with Gasteiger partial charge in [-0.15, -0.1) is 0 Å². The lowest BCUT2D eigenvalue weighted by molar-refractivity contribution is 0.606. The van der Waals surface area contributed by atoms with Crippen molar-refractivity contribution in [2.45, 2.75) is 32.9 Å². The van der Waals surface area contributed by atoms with Crippen molar-refractivity contribution >= 4 is 5.69 Å². The van der Waals surface area contributed by atoms with E-state index >= 15 is 0 Å². The minimum Gasteiger partial charge on any atom is -0.370 e. The van der Waals surface area contributed by atoms with Crippen LogP contribution in [0.4, 0.5) is 10.1 Å². The van der Waals surface area contributed by atoms with Gasteiger partial charge in [0.25, 0.3) is 0 Å². The van der Waals surface area contributed by atoms with Crippen molar-refractivity contribution < 1.29 is 4.39 Å². The number of rotatable bonds is 3.